The first kappa shape index (κ1) is 21.2. The van der Waals surface area contributed by atoms with Crippen molar-refractivity contribution in [3.8, 4) is 0 Å². The van der Waals surface area contributed by atoms with E-state index in [2.05, 4.69) is 5.32 Å². The Morgan fingerprint density at radius 1 is 1.07 bits per heavy atom. The second-order valence-corrected chi connectivity index (χ2v) is 9.83. The van der Waals surface area contributed by atoms with Crippen LogP contribution in [0.3, 0.4) is 0 Å². The van der Waals surface area contributed by atoms with E-state index in [1.807, 2.05) is 30.0 Å². The fourth-order valence-corrected chi connectivity index (χ4v) is 5.81. The third-order valence-corrected chi connectivity index (χ3v) is 7.54. The first-order valence-corrected chi connectivity index (χ1v) is 12.1. The zero-order valence-electron chi connectivity index (χ0n) is 17.7. The van der Waals surface area contributed by atoms with Gasteiger partial charge in [-0.05, 0) is 56.7 Å². The van der Waals surface area contributed by atoms with Crippen LogP contribution in [-0.4, -0.2) is 53.5 Å². The number of nitrogens with one attached hydrogen (secondary N) is 1. The number of likely N-dealkylation sites (tertiary alicyclic amines) is 1. The monoisotopic (exact) mass is 429 g/mol. The lowest BCUT2D eigenvalue weighted by Crippen LogP contribution is -2.53. The maximum atomic E-state index is 13.4. The van der Waals surface area contributed by atoms with Gasteiger partial charge in [0.1, 0.15) is 6.54 Å². The summed E-state index contributed by atoms with van der Waals surface area (Å²) in [6.45, 7) is 3.37. The van der Waals surface area contributed by atoms with Gasteiger partial charge >= 0.3 is 0 Å². The van der Waals surface area contributed by atoms with E-state index >= 15 is 0 Å². The zero-order chi connectivity index (χ0) is 21.1. The van der Waals surface area contributed by atoms with Gasteiger partial charge in [0.15, 0.2) is 5.25 Å². The van der Waals surface area contributed by atoms with Crippen LogP contribution in [0, 0.1) is 6.92 Å². The summed E-state index contributed by atoms with van der Waals surface area (Å²) in [5.41, 5.74) is 1.77. The quantitative estimate of drug-likeness (QED) is 0.746. The Labute approximate surface area is 182 Å². The van der Waals surface area contributed by atoms with Crippen molar-refractivity contribution in [3.05, 3.63) is 23.8 Å². The van der Waals surface area contributed by atoms with E-state index in [0.717, 1.165) is 61.1 Å². The van der Waals surface area contributed by atoms with Crippen LogP contribution in [0.15, 0.2) is 23.1 Å². The van der Waals surface area contributed by atoms with E-state index in [1.54, 1.807) is 0 Å². The summed E-state index contributed by atoms with van der Waals surface area (Å²) in [5.74, 6) is -0.528. The molecule has 0 radical (unpaired) electrons. The maximum Gasteiger partial charge on any atom is 0.250 e. The highest BCUT2D eigenvalue weighted by molar-refractivity contribution is 8.01. The van der Waals surface area contributed by atoms with E-state index in [0.29, 0.717) is 13.1 Å². The van der Waals surface area contributed by atoms with Gasteiger partial charge < -0.3 is 15.1 Å². The molecular weight excluding hydrogens is 398 g/mol. The molecule has 2 heterocycles. The van der Waals surface area contributed by atoms with Crippen molar-refractivity contribution in [1.29, 1.82) is 0 Å². The Morgan fingerprint density at radius 3 is 2.50 bits per heavy atom. The van der Waals surface area contributed by atoms with Crippen molar-refractivity contribution in [2.24, 2.45) is 0 Å². The minimum absolute atomic E-state index is 0.0316. The highest BCUT2D eigenvalue weighted by Crippen LogP contribution is 2.40. The summed E-state index contributed by atoms with van der Waals surface area (Å²) in [4.78, 5) is 43.6. The molecule has 3 aliphatic rings. The third-order valence-electron chi connectivity index (χ3n) is 6.30. The predicted octanol–water partition coefficient (Wildman–Crippen LogP) is 3.26. The third kappa shape index (κ3) is 4.66. The van der Waals surface area contributed by atoms with Crippen molar-refractivity contribution >= 4 is 35.2 Å². The zero-order valence-corrected chi connectivity index (χ0v) is 18.5. The number of aryl methyl sites for hydroxylation is 1. The van der Waals surface area contributed by atoms with Gasteiger partial charge in [0.2, 0.25) is 11.8 Å². The first-order chi connectivity index (χ1) is 14.5. The van der Waals surface area contributed by atoms with Crippen molar-refractivity contribution in [1.82, 2.24) is 10.2 Å². The molecule has 1 N–H and O–H groups in total. The second kappa shape index (κ2) is 9.41. The van der Waals surface area contributed by atoms with Gasteiger partial charge in [-0.1, -0.05) is 25.3 Å². The number of thioether (sulfide) groups is 1. The highest BCUT2D eigenvalue weighted by atomic mass is 32.2. The fraction of sp³-hybridized carbons (Fsp3) is 0.609. The summed E-state index contributed by atoms with van der Waals surface area (Å²) in [6.07, 6.45) is 8.60. The molecule has 1 saturated carbocycles. The molecule has 2 aliphatic heterocycles. The molecule has 0 spiro atoms. The molecule has 1 aromatic rings. The second-order valence-electron chi connectivity index (χ2n) is 8.68. The van der Waals surface area contributed by atoms with Gasteiger partial charge in [-0.15, -0.1) is 11.8 Å². The molecule has 4 rings (SSSR count). The molecule has 1 unspecified atom stereocenters. The first-order valence-electron chi connectivity index (χ1n) is 11.2. The molecule has 30 heavy (non-hydrogen) atoms. The lowest BCUT2D eigenvalue weighted by atomic mass is 9.95. The average Bonchev–Trinajstić information content (AvgIpc) is 2.76. The van der Waals surface area contributed by atoms with Gasteiger partial charge in [-0.3, -0.25) is 14.4 Å². The Bertz CT molecular complexity index is 816. The molecule has 1 aliphatic carbocycles. The van der Waals surface area contributed by atoms with Crippen LogP contribution in [0.1, 0.15) is 56.9 Å². The molecule has 1 aromatic carbocycles. The summed E-state index contributed by atoms with van der Waals surface area (Å²) >= 11 is 1.33. The Kier molecular flexibility index (Phi) is 6.66. The van der Waals surface area contributed by atoms with Crippen LogP contribution < -0.4 is 10.2 Å². The summed E-state index contributed by atoms with van der Waals surface area (Å²) in [5, 5.41) is 2.30. The smallest absolute Gasteiger partial charge is 0.250 e. The number of carbonyl (C=O) groups is 3. The predicted molar refractivity (Wildman–Crippen MR) is 119 cm³/mol. The molecule has 0 bridgehead atoms. The largest absolute Gasteiger partial charge is 0.352 e. The number of hydrogen-bond acceptors (Lipinski definition) is 4. The standard InChI is InChI=1S/C23H31N3O3S/c1-16-10-11-19-18(14-16)26(15-20(27)24-17-8-4-2-5-9-17)23(29)21(30-19)22(28)25-12-6-3-7-13-25/h10-11,14,17,21H,2-9,12-13,15H2,1H3,(H,24,27). The van der Waals surface area contributed by atoms with Gasteiger partial charge in [-0.2, -0.15) is 0 Å². The van der Waals surface area contributed by atoms with Gasteiger partial charge in [-0.25, -0.2) is 0 Å². The van der Waals surface area contributed by atoms with Crippen molar-refractivity contribution < 1.29 is 14.4 Å². The number of anilines is 1. The molecule has 1 saturated heterocycles. The van der Waals surface area contributed by atoms with Crippen LogP contribution in [0.4, 0.5) is 5.69 Å². The topological polar surface area (TPSA) is 69.7 Å². The molecule has 0 aromatic heterocycles. The van der Waals surface area contributed by atoms with Crippen LogP contribution >= 0.6 is 11.8 Å². The number of amides is 3. The highest BCUT2D eigenvalue weighted by Gasteiger charge is 2.41. The van der Waals surface area contributed by atoms with Crippen molar-refractivity contribution in [2.75, 3.05) is 24.5 Å². The number of fused-ring (bicyclic) bond motifs is 1. The minimum atomic E-state index is -0.805. The van der Waals surface area contributed by atoms with Crippen LogP contribution in [0.25, 0.3) is 0 Å². The number of benzene rings is 1. The number of piperidine rings is 1. The maximum absolute atomic E-state index is 13.4. The van der Waals surface area contributed by atoms with Gasteiger partial charge in [0.25, 0.3) is 5.91 Å². The number of hydrogen-bond donors (Lipinski definition) is 1. The number of carbonyl (C=O) groups excluding carboxylic acids is 3. The number of nitrogens with zero attached hydrogens (tertiary/aromatic N) is 2. The molecule has 1 atom stereocenters. The van der Waals surface area contributed by atoms with Gasteiger partial charge in [0, 0.05) is 24.0 Å². The average molecular weight is 430 g/mol. The molecule has 162 valence electrons. The molecule has 3 amide bonds. The number of rotatable bonds is 4. The van der Waals surface area contributed by atoms with Crippen LogP contribution in [-0.2, 0) is 14.4 Å². The summed E-state index contributed by atoms with van der Waals surface area (Å²) < 4.78 is 0. The van der Waals surface area contributed by atoms with E-state index in [9.17, 15) is 14.4 Å². The SMILES string of the molecule is Cc1ccc2c(c1)N(CC(=O)NC1CCCCC1)C(=O)C(C(=O)N1CCCCC1)S2. The lowest BCUT2D eigenvalue weighted by Gasteiger charge is -2.36. The minimum Gasteiger partial charge on any atom is -0.352 e. The molecule has 6 nitrogen and oxygen atoms in total. The Balaban J connectivity index is 1.53. The van der Waals surface area contributed by atoms with Crippen molar-refractivity contribution in [2.45, 2.75) is 74.5 Å². The van der Waals surface area contributed by atoms with Crippen LogP contribution in [0.2, 0.25) is 0 Å². The lowest BCUT2D eigenvalue weighted by molar-refractivity contribution is -0.136. The Hall–Kier alpha value is -2.02. The summed E-state index contributed by atoms with van der Waals surface area (Å²) in [6, 6.07) is 6.09. The molecule has 2 fully saturated rings. The van der Waals surface area contributed by atoms with E-state index in [1.165, 1.54) is 23.1 Å². The van der Waals surface area contributed by atoms with E-state index in [-0.39, 0.29) is 30.3 Å². The fourth-order valence-electron chi connectivity index (χ4n) is 4.64. The molecule has 7 heteroatoms. The van der Waals surface area contributed by atoms with E-state index in [4.69, 9.17) is 0 Å². The Morgan fingerprint density at radius 2 is 1.77 bits per heavy atom. The van der Waals surface area contributed by atoms with Crippen molar-refractivity contribution in [3.63, 3.8) is 0 Å². The molecular formula is C23H31N3O3S. The van der Waals surface area contributed by atoms with Gasteiger partial charge in [0.05, 0.1) is 5.69 Å². The summed E-state index contributed by atoms with van der Waals surface area (Å²) in [7, 11) is 0. The normalized spacial score (nSPS) is 22.6. The van der Waals surface area contributed by atoms with Crippen LogP contribution in [0.5, 0.6) is 0 Å². The van der Waals surface area contributed by atoms with E-state index < -0.39 is 5.25 Å².